The second-order valence-electron chi connectivity index (χ2n) is 5.84. The van der Waals surface area contributed by atoms with Gasteiger partial charge in [-0.25, -0.2) is 8.42 Å². The van der Waals surface area contributed by atoms with E-state index in [1.54, 1.807) is 12.1 Å². The van der Waals surface area contributed by atoms with E-state index in [9.17, 15) is 8.42 Å². The normalized spacial score (nSPS) is 23.1. The topological polar surface area (TPSA) is 37.4 Å². The third-order valence-electron chi connectivity index (χ3n) is 4.38. The van der Waals surface area contributed by atoms with E-state index in [1.165, 1.54) is 19.3 Å². The van der Waals surface area contributed by atoms with Crippen LogP contribution in [0.2, 0.25) is 0 Å². The van der Waals surface area contributed by atoms with Crippen LogP contribution in [0.4, 0.5) is 0 Å². The smallest absolute Gasteiger partial charge is 0.204 e. The molecule has 2 heterocycles. The summed E-state index contributed by atoms with van der Waals surface area (Å²) in [6.07, 6.45) is 7.20. The Morgan fingerprint density at radius 1 is 1.10 bits per heavy atom. The number of hydrogen-bond donors (Lipinski definition) is 0. The summed E-state index contributed by atoms with van der Waals surface area (Å²) in [4.78, 5) is 3.25. The fourth-order valence-electron chi connectivity index (χ4n) is 3.13. The molecule has 1 aromatic carbocycles. The van der Waals surface area contributed by atoms with Gasteiger partial charge in [-0.15, -0.1) is 0 Å². The lowest BCUT2D eigenvalue weighted by atomic mass is 9.96. The number of hydrogen-bond acceptors (Lipinski definition) is 3. The van der Waals surface area contributed by atoms with E-state index < -0.39 is 9.84 Å². The Balaban J connectivity index is 1.91. The van der Waals surface area contributed by atoms with Crippen molar-refractivity contribution in [1.29, 1.82) is 0 Å². The number of nitrogens with zero attached hydrogens (tertiary/aromatic N) is 1. The van der Waals surface area contributed by atoms with Crippen molar-refractivity contribution >= 4 is 9.84 Å². The molecule has 108 valence electrons. The molecule has 0 aromatic heterocycles. The van der Waals surface area contributed by atoms with Crippen molar-refractivity contribution in [1.82, 2.24) is 4.90 Å². The van der Waals surface area contributed by atoms with Gasteiger partial charge in [0.25, 0.3) is 0 Å². The van der Waals surface area contributed by atoms with Crippen LogP contribution in [0.25, 0.3) is 0 Å². The Morgan fingerprint density at radius 2 is 1.85 bits per heavy atom. The van der Waals surface area contributed by atoms with Crippen molar-refractivity contribution < 1.29 is 8.42 Å². The minimum absolute atomic E-state index is 0.421. The van der Waals surface area contributed by atoms with E-state index in [1.807, 2.05) is 25.3 Å². The second-order valence-corrected chi connectivity index (χ2v) is 7.84. The molecule has 1 saturated heterocycles. The van der Waals surface area contributed by atoms with E-state index in [-0.39, 0.29) is 0 Å². The highest BCUT2D eigenvalue weighted by atomic mass is 32.2. The maximum Gasteiger partial charge on any atom is 0.204 e. The van der Waals surface area contributed by atoms with Crippen LogP contribution in [0.3, 0.4) is 0 Å². The Kier molecular flexibility index (Phi) is 3.59. The van der Waals surface area contributed by atoms with Crippen molar-refractivity contribution in [3.05, 3.63) is 40.9 Å². The van der Waals surface area contributed by atoms with Crippen molar-refractivity contribution in [3.8, 4) is 0 Å². The van der Waals surface area contributed by atoms with Crippen LogP contribution in [-0.4, -0.2) is 25.9 Å². The number of rotatable bonds is 2. The van der Waals surface area contributed by atoms with Crippen LogP contribution in [0, 0.1) is 6.92 Å². The van der Waals surface area contributed by atoms with Gasteiger partial charge in [0.15, 0.2) is 0 Å². The molecule has 2 aliphatic rings. The average molecular weight is 291 g/mol. The predicted octanol–water partition coefficient (Wildman–Crippen LogP) is 3.26. The Labute approximate surface area is 121 Å². The van der Waals surface area contributed by atoms with Gasteiger partial charge in [0, 0.05) is 18.8 Å². The summed E-state index contributed by atoms with van der Waals surface area (Å²) in [5, 5.41) is 0. The van der Waals surface area contributed by atoms with E-state index >= 15 is 0 Å². The van der Waals surface area contributed by atoms with Crippen molar-refractivity contribution in [2.24, 2.45) is 0 Å². The summed E-state index contributed by atoms with van der Waals surface area (Å²) in [6, 6.07) is 7.71. The SMILES string of the molecule is Cc1ccc(S(=O)(=O)C2=CN3CCCCC3CC2)cc1. The van der Waals surface area contributed by atoms with Gasteiger partial charge in [-0.05, 0) is 51.2 Å². The van der Waals surface area contributed by atoms with Crippen molar-refractivity contribution in [2.75, 3.05) is 6.54 Å². The molecule has 1 atom stereocenters. The van der Waals surface area contributed by atoms with Crippen LogP contribution in [0.15, 0.2) is 40.3 Å². The first kappa shape index (κ1) is 13.7. The minimum atomic E-state index is -3.31. The van der Waals surface area contributed by atoms with E-state index in [0.717, 1.165) is 18.5 Å². The van der Waals surface area contributed by atoms with Crippen LogP contribution in [0.5, 0.6) is 0 Å². The first-order valence-corrected chi connectivity index (χ1v) is 8.84. The third-order valence-corrected chi connectivity index (χ3v) is 6.28. The molecular formula is C16H21NO2S. The number of benzene rings is 1. The zero-order valence-corrected chi connectivity index (χ0v) is 12.7. The molecule has 0 N–H and O–H groups in total. The molecule has 0 bridgehead atoms. The quantitative estimate of drug-likeness (QED) is 0.839. The van der Waals surface area contributed by atoms with Gasteiger partial charge in [-0.1, -0.05) is 17.7 Å². The van der Waals surface area contributed by atoms with Gasteiger partial charge in [-0.2, -0.15) is 0 Å². The van der Waals surface area contributed by atoms with Crippen LogP contribution in [0.1, 0.15) is 37.7 Å². The molecule has 20 heavy (non-hydrogen) atoms. The molecule has 0 amide bonds. The summed E-state index contributed by atoms with van der Waals surface area (Å²) >= 11 is 0. The molecule has 0 aliphatic carbocycles. The van der Waals surface area contributed by atoms with E-state index in [0.29, 0.717) is 22.3 Å². The van der Waals surface area contributed by atoms with Crippen molar-refractivity contribution in [3.63, 3.8) is 0 Å². The third kappa shape index (κ3) is 2.49. The first-order chi connectivity index (χ1) is 9.57. The maximum atomic E-state index is 12.7. The molecule has 2 aliphatic heterocycles. The molecule has 0 spiro atoms. The van der Waals surface area contributed by atoms with Gasteiger partial charge < -0.3 is 4.90 Å². The molecule has 1 unspecified atom stereocenters. The van der Waals surface area contributed by atoms with Gasteiger partial charge in [0.05, 0.1) is 9.80 Å². The summed E-state index contributed by atoms with van der Waals surface area (Å²) < 4.78 is 25.4. The molecule has 0 saturated carbocycles. The van der Waals surface area contributed by atoms with Gasteiger partial charge in [0.2, 0.25) is 9.84 Å². The zero-order valence-electron chi connectivity index (χ0n) is 11.9. The monoisotopic (exact) mass is 291 g/mol. The predicted molar refractivity (Wildman–Crippen MR) is 80.0 cm³/mol. The highest BCUT2D eigenvalue weighted by Crippen LogP contribution is 2.32. The average Bonchev–Trinajstić information content (AvgIpc) is 2.47. The van der Waals surface area contributed by atoms with Crippen LogP contribution in [-0.2, 0) is 9.84 Å². The van der Waals surface area contributed by atoms with E-state index in [4.69, 9.17) is 0 Å². The molecule has 3 nitrogen and oxygen atoms in total. The number of piperidine rings is 1. The molecule has 1 fully saturated rings. The summed E-state index contributed by atoms with van der Waals surface area (Å²) in [7, 11) is -3.31. The largest absolute Gasteiger partial charge is 0.374 e. The van der Waals surface area contributed by atoms with Crippen LogP contribution < -0.4 is 0 Å². The minimum Gasteiger partial charge on any atom is -0.374 e. The number of aryl methyl sites for hydroxylation is 1. The lowest BCUT2D eigenvalue weighted by molar-refractivity contribution is 0.191. The number of fused-ring (bicyclic) bond motifs is 1. The summed E-state index contributed by atoms with van der Waals surface area (Å²) in [5.41, 5.74) is 1.08. The molecule has 4 heteroatoms. The second kappa shape index (κ2) is 5.24. The summed E-state index contributed by atoms with van der Waals surface area (Å²) in [6.45, 7) is 2.96. The zero-order chi connectivity index (χ0) is 14.2. The van der Waals surface area contributed by atoms with Gasteiger partial charge >= 0.3 is 0 Å². The lowest BCUT2D eigenvalue weighted by Gasteiger charge is -2.38. The highest BCUT2D eigenvalue weighted by Gasteiger charge is 2.30. The van der Waals surface area contributed by atoms with Gasteiger partial charge in [0.1, 0.15) is 0 Å². The maximum absolute atomic E-state index is 12.7. The van der Waals surface area contributed by atoms with Crippen molar-refractivity contribution in [2.45, 2.75) is 50.0 Å². The highest BCUT2D eigenvalue weighted by molar-refractivity contribution is 7.95. The summed E-state index contributed by atoms with van der Waals surface area (Å²) in [5.74, 6) is 0. The standard InChI is InChI=1S/C16H21NO2S/c1-13-5-8-15(9-6-13)20(18,19)16-10-7-14-4-2-3-11-17(14)12-16/h5-6,8-9,12,14H,2-4,7,10-11H2,1H3. The first-order valence-electron chi connectivity index (χ1n) is 7.35. The van der Waals surface area contributed by atoms with Gasteiger partial charge in [-0.3, -0.25) is 0 Å². The fraction of sp³-hybridized carbons (Fsp3) is 0.500. The number of sulfone groups is 1. The number of allylic oxidation sites excluding steroid dienone is 1. The van der Waals surface area contributed by atoms with E-state index in [2.05, 4.69) is 4.90 Å². The Hall–Kier alpha value is -1.29. The molecular weight excluding hydrogens is 270 g/mol. The molecule has 3 rings (SSSR count). The van der Waals surface area contributed by atoms with Crippen LogP contribution >= 0.6 is 0 Å². The lowest BCUT2D eigenvalue weighted by Crippen LogP contribution is -2.38. The Morgan fingerprint density at radius 3 is 2.60 bits per heavy atom. The molecule has 0 radical (unpaired) electrons. The molecule has 1 aromatic rings. The fourth-order valence-corrected chi connectivity index (χ4v) is 4.59. The Bertz CT molecular complexity index is 616.